The van der Waals surface area contributed by atoms with Crippen molar-refractivity contribution in [1.82, 2.24) is 5.32 Å². The molecule has 0 aliphatic carbocycles. The Labute approximate surface area is 487 Å². The maximum atomic E-state index is 12.5. The summed E-state index contributed by atoms with van der Waals surface area (Å²) in [6.07, 6.45) is 86.4. The topological polar surface area (TPSA) is 95.9 Å². The summed E-state index contributed by atoms with van der Waals surface area (Å²) in [6.45, 7) is 4.93. The Bertz CT molecular complexity index is 1260. The molecule has 0 heterocycles. The van der Waals surface area contributed by atoms with Gasteiger partial charge in [0.05, 0.1) is 25.4 Å². The summed E-state index contributed by atoms with van der Waals surface area (Å²) >= 11 is 0. The number of unbranched alkanes of at least 4 members (excludes halogenated alkanes) is 51. The summed E-state index contributed by atoms with van der Waals surface area (Å²) in [5, 5.41) is 23.2. The van der Waals surface area contributed by atoms with Crippen molar-refractivity contribution in [3.05, 3.63) is 36.5 Å². The van der Waals surface area contributed by atoms with Gasteiger partial charge in [-0.1, -0.05) is 346 Å². The monoisotopic (exact) mass is 1100 g/mol. The van der Waals surface area contributed by atoms with Crippen LogP contribution < -0.4 is 5.32 Å². The number of aliphatic hydroxyl groups excluding tert-OH is 2. The van der Waals surface area contributed by atoms with Gasteiger partial charge in [-0.25, -0.2) is 0 Å². The highest BCUT2D eigenvalue weighted by Gasteiger charge is 2.18. The molecule has 0 aromatic heterocycles. The minimum absolute atomic E-state index is 0.0118. The van der Waals surface area contributed by atoms with E-state index in [1.54, 1.807) is 6.08 Å². The second-order valence-corrected chi connectivity index (χ2v) is 24.2. The van der Waals surface area contributed by atoms with Crippen LogP contribution in [0.2, 0.25) is 0 Å². The zero-order valence-electron chi connectivity index (χ0n) is 52.7. The molecular formula is C72H137NO5. The number of carbonyl (C=O) groups is 2. The zero-order valence-corrected chi connectivity index (χ0v) is 52.7. The van der Waals surface area contributed by atoms with Gasteiger partial charge < -0.3 is 20.3 Å². The lowest BCUT2D eigenvalue weighted by Crippen LogP contribution is -2.45. The molecule has 6 nitrogen and oxygen atoms in total. The predicted octanol–water partition coefficient (Wildman–Crippen LogP) is 22.7. The number of allylic oxidation sites excluding steroid dienone is 5. The van der Waals surface area contributed by atoms with Gasteiger partial charge in [-0.3, -0.25) is 9.59 Å². The number of amides is 1. The fourth-order valence-electron chi connectivity index (χ4n) is 11.0. The summed E-state index contributed by atoms with van der Waals surface area (Å²) in [5.41, 5.74) is 0. The molecule has 0 aliphatic heterocycles. The Kier molecular flexibility index (Phi) is 65.9. The molecule has 0 bridgehead atoms. The smallest absolute Gasteiger partial charge is 0.305 e. The van der Waals surface area contributed by atoms with E-state index in [1.807, 2.05) is 6.08 Å². The van der Waals surface area contributed by atoms with Crippen LogP contribution in [-0.2, 0) is 14.3 Å². The Morgan fingerprint density at radius 3 is 0.974 bits per heavy atom. The van der Waals surface area contributed by atoms with Gasteiger partial charge in [0.15, 0.2) is 0 Å². The highest BCUT2D eigenvalue weighted by Crippen LogP contribution is 2.18. The summed E-state index contributed by atoms with van der Waals surface area (Å²) in [6, 6.07) is -0.637. The first-order valence-electron chi connectivity index (χ1n) is 35.3. The Morgan fingerprint density at radius 2 is 0.641 bits per heavy atom. The van der Waals surface area contributed by atoms with Gasteiger partial charge in [-0.2, -0.15) is 0 Å². The molecule has 460 valence electrons. The molecule has 0 saturated heterocycles. The fourth-order valence-corrected chi connectivity index (χ4v) is 11.0. The van der Waals surface area contributed by atoms with Crippen LogP contribution in [0.25, 0.3) is 0 Å². The van der Waals surface area contributed by atoms with E-state index in [0.29, 0.717) is 19.4 Å². The van der Waals surface area contributed by atoms with Crippen LogP contribution in [0.1, 0.15) is 386 Å². The first kappa shape index (κ1) is 76.1. The van der Waals surface area contributed by atoms with E-state index in [9.17, 15) is 19.8 Å². The first-order chi connectivity index (χ1) is 38.5. The summed E-state index contributed by atoms with van der Waals surface area (Å²) in [5.74, 6) is -0.0636. The predicted molar refractivity (Wildman–Crippen MR) is 343 cm³/mol. The molecule has 0 aromatic rings. The molecule has 0 rings (SSSR count). The molecule has 1 amide bonds. The van der Waals surface area contributed by atoms with Crippen molar-refractivity contribution in [3.8, 4) is 0 Å². The van der Waals surface area contributed by atoms with E-state index in [0.717, 1.165) is 57.8 Å². The van der Waals surface area contributed by atoms with Crippen LogP contribution in [0.4, 0.5) is 0 Å². The quantitative estimate of drug-likeness (QED) is 0.0320. The average molecular weight is 1100 g/mol. The van der Waals surface area contributed by atoms with Crippen LogP contribution in [0.15, 0.2) is 36.5 Å². The lowest BCUT2D eigenvalue weighted by molar-refractivity contribution is -0.143. The van der Waals surface area contributed by atoms with Crippen LogP contribution in [0.3, 0.4) is 0 Å². The van der Waals surface area contributed by atoms with Gasteiger partial charge in [0.25, 0.3) is 0 Å². The largest absolute Gasteiger partial charge is 0.466 e. The maximum Gasteiger partial charge on any atom is 0.305 e. The third-order valence-electron chi connectivity index (χ3n) is 16.4. The standard InChI is InChI=1S/C72H137NO5/c1-3-5-7-9-11-13-15-17-19-21-28-32-36-40-44-48-52-56-60-64-70(75)69(68-74)73-71(76)65-61-57-53-49-45-41-37-33-30-26-24-23-25-27-31-35-39-43-47-51-55-59-63-67-78-72(77)66-62-58-54-50-46-42-38-34-29-22-20-18-16-14-12-10-8-6-4-2/h23,25-26,30,60,64,69-70,74-75H,3-22,24,27-29,31-59,61-63,65-68H2,1-2H3,(H,73,76)/b25-23-,30-26-,64-60+. The van der Waals surface area contributed by atoms with E-state index >= 15 is 0 Å². The SMILES string of the molecule is CCCCCCCCCCCCCCCCCCC/C=C/C(O)C(CO)NC(=O)CCCCCCCCC/C=C\C/C=C\CCCCCCCCCCCOC(=O)CCCCCCCCCCCCCCCCCCCCC. The number of nitrogens with one attached hydrogen (secondary N) is 1. The van der Waals surface area contributed by atoms with Crippen molar-refractivity contribution in [1.29, 1.82) is 0 Å². The van der Waals surface area contributed by atoms with E-state index in [-0.39, 0.29) is 18.5 Å². The molecular weight excluding hydrogens is 959 g/mol. The van der Waals surface area contributed by atoms with Crippen molar-refractivity contribution in [2.24, 2.45) is 0 Å². The summed E-state index contributed by atoms with van der Waals surface area (Å²) < 4.78 is 5.51. The Hall–Kier alpha value is -1.92. The lowest BCUT2D eigenvalue weighted by Gasteiger charge is -2.20. The second kappa shape index (κ2) is 67.6. The van der Waals surface area contributed by atoms with Gasteiger partial charge >= 0.3 is 5.97 Å². The van der Waals surface area contributed by atoms with Gasteiger partial charge in [-0.15, -0.1) is 0 Å². The van der Waals surface area contributed by atoms with Crippen molar-refractivity contribution < 1.29 is 24.5 Å². The molecule has 0 radical (unpaired) electrons. The molecule has 2 unspecified atom stereocenters. The second-order valence-electron chi connectivity index (χ2n) is 24.2. The summed E-state index contributed by atoms with van der Waals surface area (Å²) in [7, 11) is 0. The molecule has 0 aromatic carbocycles. The summed E-state index contributed by atoms with van der Waals surface area (Å²) in [4.78, 5) is 24.6. The highest BCUT2D eigenvalue weighted by atomic mass is 16.5. The molecule has 0 aliphatic rings. The molecule has 2 atom stereocenters. The van der Waals surface area contributed by atoms with Crippen LogP contribution in [0, 0.1) is 0 Å². The number of ether oxygens (including phenoxy) is 1. The highest BCUT2D eigenvalue weighted by molar-refractivity contribution is 5.76. The Morgan fingerprint density at radius 1 is 0.359 bits per heavy atom. The van der Waals surface area contributed by atoms with E-state index in [1.165, 1.54) is 302 Å². The molecule has 0 fully saturated rings. The molecule has 6 heteroatoms. The minimum atomic E-state index is -0.852. The van der Waals surface area contributed by atoms with E-state index in [2.05, 4.69) is 43.5 Å². The van der Waals surface area contributed by atoms with Crippen LogP contribution in [0.5, 0.6) is 0 Å². The number of hydrogen-bond acceptors (Lipinski definition) is 5. The number of esters is 1. The number of hydrogen-bond donors (Lipinski definition) is 3. The first-order valence-corrected chi connectivity index (χ1v) is 35.3. The van der Waals surface area contributed by atoms with Crippen molar-refractivity contribution in [2.45, 2.75) is 398 Å². The maximum absolute atomic E-state index is 12.5. The van der Waals surface area contributed by atoms with Crippen molar-refractivity contribution in [3.63, 3.8) is 0 Å². The molecule has 3 N–H and O–H groups in total. The van der Waals surface area contributed by atoms with Crippen LogP contribution in [-0.4, -0.2) is 47.4 Å². The number of carbonyl (C=O) groups excluding carboxylic acids is 2. The fraction of sp³-hybridized carbons (Fsp3) is 0.889. The lowest BCUT2D eigenvalue weighted by atomic mass is 10.0. The molecule has 0 saturated carbocycles. The van der Waals surface area contributed by atoms with E-state index in [4.69, 9.17) is 4.74 Å². The number of aliphatic hydroxyl groups is 2. The Balaban J connectivity index is 3.45. The normalized spacial score (nSPS) is 12.7. The van der Waals surface area contributed by atoms with Gasteiger partial charge in [0, 0.05) is 12.8 Å². The van der Waals surface area contributed by atoms with E-state index < -0.39 is 12.1 Å². The average Bonchev–Trinajstić information content (AvgIpc) is 3.44. The third kappa shape index (κ3) is 63.3. The van der Waals surface area contributed by atoms with Crippen molar-refractivity contribution >= 4 is 11.9 Å². The van der Waals surface area contributed by atoms with Crippen molar-refractivity contribution in [2.75, 3.05) is 13.2 Å². The molecule has 0 spiro atoms. The van der Waals surface area contributed by atoms with Crippen LogP contribution >= 0.6 is 0 Å². The third-order valence-corrected chi connectivity index (χ3v) is 16.4. The van der Waals surface area contributed by atoms with Gasteiger partial charge in [0.2, 0.25) is 5.91 Å². The zero-order chi connectivity index (χ0) is 56.4. The minimum Gasteiger partial charge on any atom is -0.466 e. The molecule has 78 heavy (non-hydrogen) atoms. The van der Waals surface area contributed by atoms with Gasteiger partial charge in [-0.05, 0) is 64.2 Å². The van der Waals surface area contributed by atoms with Gasteiger partial charge in [0.1, 0.15) is 0 Å². The number of rotatable bonds is 66.